The van der Waals surface area contributed by atoms with E-state index in [0.29, 0.717) is 31.5 Å². The summed E-state index contributed by atoms with van der Waals surface area (Å²) in [6.45, 7) is 2.38. The molecule has 0 unspecified atom stereocenters. The molecule has 0 aliphatic carbocycles. The Hall–Kier alpha value is -2.31. The Morgan fingerprint density at radius 1 is 1.08 bits per heavy atom. The van der Waals surface area contributed by atoms with Gasteiger partial charge in [0.1, 0.15) is 23.1 Å². The number of carbonyl (C=O) groups is 3. The molecule has 0 saturated carbocycles. The lowest BCUT2D eigenvalue weighted by Crippen LogP contribution is -2.38. The highest BCUT2D eigenvalue weighted by Gasteiger charge is 2.30. The van der Waals surface area contributed by atoms with Crippen LogP contribution >= 0.6 is 0 Å². The average Bonchev–Trinajstić information content (AvgIpc) is 2.53. The molecule has 1 N–H and O–H groups in total. The zero-order valence-electron chi connectivity index (χ0n) is 14.0. The Morgan fingerprint density at radius 2 is 1.60 bits per heavy atom. The number of hydrogen-bond acceptors (Lipinski definition) is 4. The summed E-state index contributed by atoms with van der Waals surface area (Å²) >= 11 is 0. The summed E-state index contributed by atoms with van der Waals surface area (Å²) in [5.41, 5.74) is 0.220. The number of nitrogens with one attached hydrogen (secondary N) is 1. The highest BCUT2D eigenvalue weighted by Crippen LogP contribution is 2.34. The first-order chi connectivity index (χ1) is 11.8. The predicted molar refractivity (Wildman–Crippen MR) is 87.1 cm³/mol. The molecular formula is C18H20F2N2O3. The van der Waals surface area contributed by atoms with Gasteiger partial charge in [-0.05, 0) is 37.5 Å². The molecule has 3 rings (SSSR count). The average molecular weight is 350 g/mol. The summed E-state index contributed by atoms with van der Waals surface area (Å²) in [6.07, 6.45) is 1.22. The molecule has 7 heteroatoms. The summed E-state index contributed by atoms with van der Waals surface area (Å²) in [6, 6.07) is 2.43. The molecule has 1 aromatic rings. The monoisotopic (exact) mass is 350 g/mol. The van der Waals surface area contributed by atoms with Gasteiger partial charge in [-0.15, -0.1) is 0 Å². The second-order valence-electron chi connectivity index (χ2n) is 6.78. The largest absolute Gasteiger partial charge is 0.367 e. The van der Waals surface area contributed by atoms with Gasteiger partial charge in [-0.1, -0.05) is 0 Å². The lowest BCUT2D eigenvalue weighted by Gasteiger charge is -2.33. The van der Waals surface area contributed by atoms with Crippen LogP contribution < -0.4 is 10.2 Å². The zero-order valence-corrected chi connectivity index (χ0v) is 14.0. The predicted octanol–water partition coefficient (Wildman–Crippen LogP) is 2.29. The van der Waals surface area contributed by atoms with Crippen LogP contribution in [-0.4, -0.2) is 30.7 Å². The molecule has 2 saturated heterocycles. The molecule has 2 heterocycles. The number of anilines is 1. The Balaban J connectivity index is 1.80. The SMILES string of the molecule is CC(=O)C1CCN(c2c(F)cc(C3CC(=O)NC(=O)C3)cc2F)CC1. The van der Waals surface area contributed by atoms with E-state index in [0.717, 1.165) is 0 Å². The quantitative estimate of drug-likeness (QED) is 0.850. The van der Waals surface area contributed by atoms with Crippen molar-refractivity contribution in [1.29, 1.82) is 0 Å². The number of amides is 2. The van der Waals surface area contributed by atoms with Gasteiger partial charge in [-0.25, -0.2) is 8.78 Å². The lowest BCUT2D eigenvalue weighted by molar-refractivity contribution is -0.133. The molecule has 0 radical (unpaired) electrons. The van der Waals surface area contributed by atoms with Gasteiger partial charge in [0, 0.05) is 37.8 Å². The van der Waals surface area contributed by atoms with Gasteiger partial charge in [0.05, 0.1) is 0 Å². The number of carbonyl (C=O) groups excluding carboxylic acids is 3. The molecule has 0 aromatic heterocycles. The molecular weight excluding hydrogens is 330 g/mol. The van der Waals surface area contributed by atoms with Gasteiger partial charge in [-0.3, -0.25) is 19.7 Å². The Kier molecular flexibility index (Phi) is 4.83. The summed E-state index contributed by atoms with van der Waals surface area (Å²) in [7, 11) is 0. The van der Waals surface area contributed by atoms with Crippen LogP contribution in [0, 0.1) is 17.6 Å². The second-order valence-corrected chi connectivity index (χ2v) is 6.78. The van der Waals surface area contributed by atoms with Crippen molar-refractivity contribution >= 4 is 23.3 Å². The van der Waals surface area contributed by atoms with Crippen molar-refractivity contribution in [2.45, 2.75) is 38.5 Å². The van der Waals surface area contributed by atoms with E-state index in [2.05, 4.69) is 5.32 Å². The van der Waals surface area contributed by atoms with Crippen LogP contribution in [0.5, 0.6) is 0 Å². The highest BCUT2D eigenvalue weighted by atomic mass is 19.1. The van der Waals surface area contributed by atoms with Gasteiger partial charge < -0.3 is 4.90 Å². The first-order valence-electron chi connectivity index (χ1n) is 8.42. The minimum Gasteiger partial charge on any atom is -0.367 e. The topological polar surface area (TPSA) is 66.5 Å². The van der Waals surface area contributed by atoms with Crippen molar-refractivity contribution in [3.8, 4) is 0 Å². The molecule has 1 aromatic carbocycles. The maximum Gasteiger partial charge on any atom is 0.227 e. The minimum atomic E-state index is -0.699. The Bertz CT molecular complexity index is 688. The summed E-state index contributed by atoms with van der Waals surface area (Å²) in [5, 5.41) is 2.18. The minimum absolute atomic E-state index is 0.0357. The third-order valence-electron chi connectivity index (χ3n) is 5.04. The number of ketones is 1. The number of halogens is 2. The fourth-order valence-corrected chi connectivity index (χ4v) is 3.65. The van der Waals surface area contributed by atoms with Gasteiger partial charge in [0.15, 0.2) is 0 Å². The zero-order chi connectivity index (χ0) is 18.1. The molecule has 5 nitrogen and oxygen atoms in total. The summed E-state index contributed by atoms with van der Waals surface area (Å²) in [4.78, 5) is 36.0. The van der Waals surface area contributed by atoms with Crippen molar-refractivity contribution in [2.75, 3.05) is 18.0 Å². The molecule has 2 fully saturated rings. The first-order valence-corrected chi connectivity index (χ1v) is 8.42. The van der Waals surface area contributed by atoms with Crippen molar-refractivity contribution in [3.05, 3.63) is 29.3 Å². The third-order valence-corrected chi connectivity index (χ3v) is 5.04. The van der Waals surface area contributed by atoms with Crippen LogP contribution in [0.1, 0.15) is 44.1 Å². The fraction of sp³-hybridized carbons (Fsp3) is 0.500. The van der Waals surface area contributed by atoms with E-state index in [1.54, 1.807) is 4.90 Å². The van der Waals surface area contributed by atoms with Crippen LogP contribution in [0.25, 0.3) is 0 Å². The van der Waals surface area contributed by atoms with Crippen molar-refractivity contribution < 1.29 is 23.2 Å². The second kappa shape index (κ2) is 6.90. The van der Waals surface area contributed by atoms with Crippen LogP contribution in [0.4, 0.5) is 14.5 Å². The highest BCUT2D eigenvalue weighted by molar-refractivity contribution is 5.98. The van der Waals surface area contributed by atoms with Gasteiger partial charge >= 0.3 is 0 Å². The Morgan fingerprint density at radius 3 is 2.08 bits per heavy atom. The number of benzene rings is 1. The smallest absolute Gasteiger partial charge is 0.227 e. The van der Waals surface area contributed by atoms with E-state index >= 15 is 0 Å². The van der Waals surface area contributed by atoms with E-state index in [1.165, 1.54) is 19.1 Å². The summed E-state index contributed by atoms with van der Waals surface area (Å²) < 4.78 is 29.1. The number of Topliss-reactive ketones (excluding diaryl/α,β-unsaturated/α-hetero) is 1. The third kappa shape index (κ3) is 3.70. The molecule has 2 amide bonds. The molecule has 134 valence electrons. The number of imide groups is 1. The van der Waals surface area contributed by atoms with Crippen LogP contribution in [0.3, 0.4) is 0 Å². The lowest BCUT2D eigenvalue weighted by atomic mass is 9.88. The normalized spacial score (nSPS) is 19.9. The van der Waals surface area contributed by atoms with Crippen LogP contribution in [0.2, 0.25) is 0 Å². The van der Waals surface area contributed by atoms with Gasteiger partial charge in [0.25, 0.3) is 0 Å². The van der Waals surface area contributed by atoms with E-state index in [1.807, 2.05) is 0 Å². The maximum absolute atomic E-state index is 14.6. The first kappa shape index (κ1) is 17.5. The van der Waals surface area contributed by atoms with Gasteiger partial charge in [-0.2, -0.15) is 0 Å². The molecule has 2 aliphatic heterocycles. The van der Waals surface area contributed by atoms with E-state index in [9.17, 15) is 23.2 Å². The molecule has 0 spiro atoms. The van der Waals surface area contributed by atoms with E-state index < -0.39 is 29.4 Å². The molecule has 0 atom stereocenters. The molecule has 2 aliphatic rings. The molecule has 0 bridgehead atoms. The summed E-state index contributed by atoms with van der Waals surface area (Å²) in [5.74, 6) is -2.72. The Labute approximate surface area is 144 Å². The number of hydrogen-bond donors (Lipinski definition) is 1. The van der Waals surface area contributed by atoms with E-state index in [-0.39, 0.29) is 30.2 Å². The van der Waals surface area contributed by atoms with Crippen molar-refractivity contribution in [2.24, 2.45) is 5.92 Å². The van der Waals surface area contributed by atoms with Crippen molar-refractivity contribution in [1.82, 2.24) is 5.32 Å². The van der Waals surface area contributed by atoms with Gasteiger partial charge in [0.2, 0.25) is 11.8 Å². The van der Waals surface area contributed by atoms with E-state index in [4.69, 9.17) is 0 Å². The van der Waals surface area contributed by atoms with Crippen molar-refractivity contribution in [3.63, 3.8) is 0 Å². The van der Waals surface area contributed by atoms with Crippen LogP contribution in [-0.2, 0) is 14.4 Å². The maximum atomic E-state index is 14.6. The number of rotatable bonds is 3. The standard InChI is InChI=1S/C18H20F2N2O3/c1-10(23)11-2-4-22(5-3-11)18-14(19)6-12(7-15(18)20)13-8-16(24)21-17(25)9-13/h6-7,11,13H,2-5,8-9H2,1H3,(H,21,24,25). The van der Waals surface area contributed by atoms with Crippen LogP contribution in [0.15, 0.2) is 12.1 Å². The molecule has 25 heavy (non-hydrogen) atoms. The number of piperidine rings is 2. The number of nitrogens with zero attached hydrogens (tertiary/aromatic N) is 1. The fourth-order valence-electron chi connectivity index (χ4n) is 3.65.